The first-order chi connectivity index (χ1) is 12.8. The van der Waals surface area contributed by atoms with Crippen LogP contribution < -0.4 is 16.4 Å². The molecule has 5 nitrogen and oxygen atoms in total. The fraction of sp³-hybridized carbons (Fsp3) is 0.476. The third-order valence-corrected chi connectivity index (χ3v) is 5.61. The van der Waals surface area contributed by atoms with Gasteiger partial charge < -0.3 is 16.4 Å². The molecule has 138 valence electrons. The molecule has 1 aromatic carbocycles. The molecule has 4 N–H and O–H groups in total. The summed E-state index contributed by atoms with van der Waals surface area (Å²) in [7, 11) is 0. The minimum atomic E-state index is 0.514. The van der Waals surface area contributed by atoms with E-state index in [1.807, 2.05) is 12.1 Å². The van der Waals surface area contributed by atoms with Crippen LogP contribution >= 0.6 is 0 Å². The molecule has 4 rings (SSSR count). The molecule has 0 saturated carbocycles. The summed E-state index contributed by atoms with van der Waals surface area (Å²) in [6.07, 6.45) is 2.21. The second kappa shape index (κ2) is 8.16. The summed E-state index contributed by atoms with van der Waals surface area (Å²) in [6.45, 7) is 5.46. The van der Waals surface area contributed by atoms with Gasteiger partial charge in [0.25, 0.3) is 0 Å². The quantitative estimate of drug-likeness (QED) is 0.739. The molecule has 0 amide bonds. The molecular formula is C21H29N5. The number of pyridine rings is 1. The maximum absolute atomic E-state index is 5.83. The molecule has 1 aromatic heterocycles. The highest BCUT2D eigenvalue weighted by molar-refractivity contribution is 5.29. The van der Waals surface area contributed by atoms with Gasteiger partial charge in [-0.25, -0.2) is 4.98 Å². The number of hydrogen-bond donors (Lipinski definition) is 3. The lowest BCUT2D eigenvalue weighted by Gasteiger charge is -2.24. The van der Waals surface area contributed by atoms with E-state index in [1.54, 1.807) is 0 Å². The van der Waals surface area contributed by atoms with E-state index in [9.17, 15) is 0 Å². The fourth-order valence-electron chi connectivity index (χ4n) is 4.28. The Bertz CT molecular complexity index is 705. The summed E-state index contributed by atoms with van der Waals surface area (Å²) in [5.74, 6) is 1.19. The second-order valence-corrected chi connectivity index (χ2v) is 7.66. The summed E-state index contributed by atoms with van der Waals surface area (Å²) >= 11 is 0. The van der Waals surface area contributed by atoms with E-state index in [0.29, 0.717) is 23.8 Å². The first kappa shape index (κ1) is 17.5. The van der Waals surface area contributed by atoms with Crippen LogP contribution in [0, 0.1) is 5.92 Å². The normalized spacial score (nSPS) is 26.4. The zero-order valence-corrected chi connectivity index (χ0v) is 15.3. The van der Waals surface area contributed by atoms with Crippen LogP contribution in [-0.4, -0.2) is 48.1 Å². The van der Waals surface area contributed by atoms with Gasteiger partial charge in [-0.05, 0) is 43.0 Å². The van der Waals surface area contributed by atoms with E-state index in [-0.39, 0.29) is 0 Å². The number of aromatic nitrogens is 1. The number of hydrogen-bond acceptors (Lipinski definition) is 5. The molecule has 5 heteroatoms. The van der Waals surface area contributed by atoms with Crippen molar-refractivity contribution >= 4 is 5.82 Å². The van der Waals surface area contributed by atoms with Gasteiger partial charge >= 0.3 is 0 Å². The van der Waals surface area contributed by atoms with Crippen LogP contribution in [0.2, 0.25) is 0 Å². The number of likely N-dealkylation sites (tertiary alicyclic amines) is 1. The third-order valence-electron chi connectivity index (χ3n) is 5.61. The summed E-state index contributed by atoms with van der Waals surface area (Å²) in [4.78, 5) is 7.04. The number of nitrogens with one attached hydrogen (secondary N) is 2. The molecule has 0 spiro atoms. The van der Waals surface area contributed by atoms with Crippen molar-refractivity contribution in [3.63, 3.8) is 0 Å². The standard InChI is InChI=1S/C21H29N5/c22-21-8-4-7-18(25-21)11-17-12-23-13-20(17)24-19-9-10-26(15-19)14-16-5-2-1-3-6-16/h1-8,17,19-20,23-24H,9-15H2,(H2,22,25)/t17-,19-,20-/m0/s1. The van der Waals surface area contributed by atoms with Crippen molar-refractivity contribution in [2.45, 2.75) is 31.5 Å². The van der Waals surface area contributed by atoms with E-state index >= 15 is 0 Å². The van der Waals surface area contributed by atoms with Gasteiger partial charge in [0.1, 0.15) is 5.82 Å². The number of nitrogen functional groups attached to an aromatic ring is 1. The lowest BCUT2D eigenvalue weighted by atomic mass is 9.96. The molecule has 3 atom stereocenters. The van der Waals surface area contributed by atoms with Crippen LogP contribution in [0.1, 0.15) is 17.7 Å². The maximum Gasteiger partial charge on any atom is 0.123 e. The first-order valence-corrected chi connectivity index (χ1v) is 9.71. The molecular weight excluding hydrogens is 322 g/mol. The van der Waals surface area contributed by atoms with E-state index in [0.717, 1.165) is 38.3 Å². The van der Waals surface area contributed by atoms with E-state index < -0.39 is 0 Å². The largest absolute Gasteiger partial charge is 0.384 e. The van der Waals surface area contributed by atoms with E-state index in [1.165, 1.54) is 18.5 Å². The molecule has 0 unspecified atom stereocenters. The van der Waals surface area contributed by atoms with Gasteiger partial charge in [0, 0.05) is 44.0 Å². The Hall–Kier alpha value is -1.95. The van der Waals surface area contributed by atoms with Crippen molar-refractivity contribution in [3.05, 3.63) is 59.8 Å². The highest BCUT2D eigenvalue weighted by atomic mass is 15.2. The Morgan fingerprint density at radius 1 is 1.12 bits per heavy atom. The van der Waals surface area contributed by atoms with Crippen LogP contribution in [0.25, 0.3) is 0 Å². The zero-order valence-electron chi connectivity index (χ0n) is 15.3. The smallest absolute Gasteiger partial charge is 0.123 e. The van der Waals surface area contributed by atoms with Crippen LogP contribution in [0.4, 0.5) is 5.82 Å². The molecule has 26 heavy (non-hydrogen) atoms. The van der Waals surface area contributed by atoms with Gasteiger partial charge in [-0.2, -0.15) is 0 Å². The van der Waals surface area contributed by atoms with Crippen LogP contribution in [0.5, 0.6) is 0 Å². The Morgan fingerprint density at radius 2 is 2.00 bits per heavy atom. The van der Waals surface area contributed by atoms with Gasteiger partial charge in [-0.15, -0.1) is 0 Å². The average Bonchev–Trinajstić information content (AvgIpc) is 3.26. The van der Waals surface area contributed by atoms with Crippen molar-refractivity contribution in [1.82, 2.24) is 20.5 Å². The molecule has 2 fully saturated rings. The predicted octanol–water partition coefficient (Wildman–Crippen LogP) is 1.66. The zero-order chi connectivity index (χ0) is 17.8. The van der Waals surface area contributed by atoms with Crippen LogP contribution in [0.15, 0.2) is 48.5 Å². The minimum absolute atomic E-state index is 0.514. The molecule has 2 saturated heterocycles. The number of nitrogens with zero attached hydrogens (tertiary/aromatic N) is 2. The van der Waals surface area contributed by atoms with E-state index in [4.69, 9.17) is 5.73 Å². The Morgan fingerprint density at radius 3 is 2.85 bits per heavy atom. The molecule has 0 bridgehead atoms. The van der Waals surface area contributed by atoms with Gasteiger partial charge in [-0.3, -0.25) is 4.90 Å². The first-order valence-electron chi connectivity index (χ1n) is 9.71. The number of anilines is 1. The van der Waals surface area contributed by atoms with Crippen molar-refractivity contribution in [2.24, 2.45) is 5.92 Å². The SMILES string of the molecule is Nc1cccc(C[C@H]2CNC[C@@H]2N[C@H]2CCN(Cc3ccccc3)C2)n1. The molecule has 0 radical (unpaired) electrons. The summed E-state index contributed by atoms with van der Waals surface area (Å²) in [5, 5.41) is 7.46. The Labute approximate surface area is 156 Å². The monoisotopic (exact) mass is 351 g/mol. The van der Waals surface area contributed by atoms with Crippen molar-refractivity contribution in [3.8, 4) is 0 Å². The van der Waals surface area contributed by atoms with Crippen LogP contribution in [0.3, 0.4) is 0 Å². The van der Waals surface area contributed by atoms with E-state index in [2.05, 4.69) is 56.9 Å². The predicted molar refractivity (Wildman–Crippen MR) is 106 cm³/mol. The molecule has 0 aliphatic carbocycles. The van der Waals surface area contributed by atoms with Crippen molar-refractivity contribution in [2.75, 3.05) is 31.9 Å². The topological polar surface area (TPSA) is 66.2 Å². The lowest BCUT2D eigenvalue weighted by Crippen LogP contribution is -2.44. The summed E-state index contributed by atoms with van der Waals surface area (Å²) in [5.41, 5.74) is 8.33. The Balaban J connectivity index is 1.29. The van der Waals surface area contributed by atoms with Gasteiger partial charge in [0.05, 0.1) is 0 Å². The molecule has 2 aliphatic rings. The summed E-state index contributed by atoms with van der Waals surface area (Å²) in [6, 6.07) is 17.8. The van der Waals surface area contributed by atoms with Gasteiger partial charge in [0.2, 0.25) is 0 Å². The van der Waals surface area contributed by atoms with Gasteiger partial charge in [0.15, 0.2) is 0 Å². The molecule has 2 aliphatic heterocycles. The van der Waals surface area contributed by atoms with Gasteiger partial charge in [-0.1, -0.05) is 36.4 Å². The maximum atomic E-state index is 5.83. The second-order valence-electron chi connectivity index (χ2n) is 7.66. The lowest BCUT2D eigenvalue weighted by molar-refractivity contribution is 0.307. The van der Waals surface area contributed by atoms with Crippen molar-refractivity contribution in [1.29, 1.82) is 0 Å². The third kappa shape index (κ3) is 4.41. The Kier molecular flexibility index (Phi) is 5.48. The van der Waals surface area contributed by atoms with Crippen molar-refractivity contribution < 1.29 is 0 Å². The number of benzene rings is 1. The highest BCUT2D eigenvalue weighted by Gasteiger charge is 2.31. The number of nitrogens with two attached hydrogens (primary N) is 1. The summed E-state index contributed by atoms with van der Waals surface area (Å²) < 4.78 is 0. The van der Waals surface area contributed by atoms with Crippen LogP contribution in [-0.2, 0) is 13.0 Å². The fourth-order valence-corrected chi connectivity index (χ4v) is 4.28. The molecule has 2 aromatic rings. The highest BCUT2D eigenvalue weighted by Crippen LogP contribution is 2.19. The molecule has 3 heterocycles. The minimum Gasteiger partial charge on any atom is -0.384 e. The number of rotatable bonds is 6. The average molecular weight is 351 g/mol.